The number of fused-ring (bicyclic) bond motifs is 1. The van der Waals surface area contributed by atoms with Crippen LogP contribution in [0.15, 0.2) is 47.4 Å². The van der Waals surface area contributed by atoms with Crippen LogP contribution in [0.1, 0.15) is 23.1 Å². The highest BCUT2D eigenvalue weighted by atomic mass is 32.2. The molecule has 0 heterocycles. The molecule has 3 nitrogen and oxygen atoms in total. The Balaban J connectivity index is 1.88. The van der Waals surface area contributed by atoms with Crippen LogP contribution in [0.3, 0.4) is 0 Å². The zero-order valence-corrected chi connectivity index (χ0v) is 13.2. The molecule has 5 heteroatoms. The van der Waals surface area contributed by atoms with Crippen LogP contribution < -0.4 is 0 Å². The Morgan fingerprint density at radius 1 is 1.09 bits per heavy atom. The van der Waals surface area contributed by atoms with Crippen molar-refractivity contribution in [2.75, 3.05) is 7.05 Å². The number of hydrogen-bond donors (Lipinski definition) is 0. The Labute approximate surface area is 130 Å². The normalized spacial score (nSPS) is 14.3. The van der Waals surface area contributed by atoms with Crippen LogP contribution >= 0.6 is 0 Å². The van der Waals surface area contributed by atoms with Gasteiger partial charge in [0.25, 0.3) is 0 Å². The number of rotatable bonds is 4. The Kier molecular flexibility index (Phi) is 4.02. The summed E-state index contributed by atoms with van der Waals surface area (Å²) in [6.07, 6.45) is 3.01. The van der Waals surface area contributed by atoms with E-state index in [1.165, 1.54) is 23.0 Å². The smallest absolute Gasteiger partial charge is 0.207 e. The predicted molar refractivity (Wildman–Crippen MR) is 83.5 cm³/mol. The highest BCUT2D eigenvalue weighted by molar-refractivity contribution is 7.89. The molecule has 0 bridgehead atoms. The maximum atomic E-state index is 13.7. The molecule has 0 aromatic heterocycles. The molecular weight excluding hydrogens is 301 g/mol. The Morgan fingerprint density at radius 3 is 2.59 bits per heavy atom. The van der Waals surface area contributed by atoms with Gasteiger partial charge in [-0.3, -0.25) is 0 Å². The van der Waals surface area contributed by atoms with E-state index in [4.69, 9.17) is 0 Å². The Hall–Kier alpha value is -1.72. The average molecular weight is 319 g/mol. The maximum Gasteiger partial charge on any atom is 0.243 e. The lowest BCUT2D eigenvalue weighted by atomic mass is 10.1. The van der Waals surface area contributed by atoms with Crippen molar-refractivity contribution in [2.24, 2.45) is 0 Å². The third-order valence-electron chi connectivity index (χ3n) is 4.13. The van der Waals surface area contributed by atoms with Gasteiger partial charge in [-0.05, 0) is 48.6 Å². The van der Waals surface area contributed by atoms with Crippen LogP contribution in [0.5, 0.6) is 0 Å². The van der Waals surface area contributed by atoms with E-state index >= 15 is 0 Å². The van der Waals surface area contributed by atoms with Crippen LogP contribution in [-0.4, -0.2) is 19.8 Å². The first-order chi connectivity index (χ1) is 10.5. The van der Waals surface area contributed by atoms with Gasteiger partial charge in [0.2, 0.25) is 10.0 Å². The van der Waals surface area contributed by atoms with E-state index in [1.807, 2.05) is 6.07 Å². The first kappa shape index (κ1) is 15.2. The van der Waals surface area contributed by atoms with E-state index in [9.17, 15) is 12.8 Å². The number of hydrogen-bond acceptors (Lipinski definition) is 2. The molecule has 0 radical (unpaired) electrons. The van der Waals surface area contributed by atoms with Gasteiger partial charge in [-0.25, -0.2) is 12.8 Å². The van der Waals surface area contributed by atoms with Gasteiger partial charge in [-0.1, -0.05) is 24.3 Å². The second kappa shape index (κ2) is 5.82. The highest BCUT2D eigenvalue weighted by Crippen LogP contribution is 2.26. The molecule has 22 heavy (non-hydrogen) atoms. The van der Waals surface area contributed by atoms with E-state index in [1.54, 1.807) is 30.3 Å². The summed E-state index contributed by atoms with van der Waals surface area (Å²) in [5, 5.41) is 0. The number of nitrogens with zero attached hydrogens (tertiary/aromatic N) is 1. The SMILES string of the molecule is CN(Cc1ccccc1F)S(=O)(=O)c1ccc2c(c1)CCC2. The van der Waals surface area contributed by atoms with Crippen molar-refractivity contribution in [1.29, 1.82) is 0 Å². The minimum atomic E-state index is -3.61. The largest absolute Gasteiger partial charge is 0.243 e. The van der Waals surface area contributed by atoms with Gasteiger partial charge in [0.15, 0.2) is 0 Å². The molecule has 0 spiro atoms. The van der Waals surface area contributed by atoms with Crippen LogP contribution in [-0.2, 0) is 29.4 Å². The van der Waals surface area contributed by atoms with E-state index in [0.29, 0.717) is 5.56 Å². The van der Waals surface area contributed by atoms with Crippen molar-refractivity contribution in [1.82, 2.24) is 4.31 Å². The van der Waals surface area contributed by atoms with Crippen molar-refractivity contribution in [3.63, 3.8) is 0 Å². The Bertz CT molecular complexity index is 802. The van der Waals surface area contributed by atoms with Gasteiger partial charge >= 0.3 is 0 Å². The van der Waals surface area contributed by atoms with Crippen LogP contribution in [0.2, 0.25) is 0 Å². The molecule has 0 unspecified atom stereocenters. The molecule has 0 aliphatic heterocycles. The van der Waals surface area contributed by atoms with Gasteiger partial charge in [-0.2, -0.15) is 4.31 Å². The molecule has 0 saturated carbocycles. The lowest BCUT2D eigenvalue weighted by molar-refractivity contribution is 0.456. The summed E-state index contributed by atoms with van der Waals surface area (Å²) in [6, 6.07) is 11.5. The fourth-order valence-electron chi connectivity index (χ4n) is 2.84. The van der Waals surface area contributed by atoms with Gasteiger partial charge in [0.05, 0.1) is 4.90 Å². The first-order valence-corrected chi connectivity index (χ1v) is 8.74. The zero-order chi connectivity index (χ0) is 15.7. The van der Waals surface area contributed by atoms with Crippen molar-refractivity contribution in [3.8, 4) is 0 Å². The van der Waals surface area contributed by atoms with E-state index in [0.717, 1.165) is 24.8 Å². The summed E-state index contributed by atoms with van der Waals surface area (Å²) in [6.45, 7) is 0.0199. The fraction of sp³-hybridized carbons (Fsp3) is 0.294. The van der Waals surface area contributed by atoms with Gasteiger partial charge in [0, 0.05) is 19.2 Å². The van der Waals surface area contributed by atoms with Gasteiger partial charge in [0.1, 0.15) is 5.82 Å². The molecule has 1 aliphatic rings. The van der Waals surface area contributed by atoms with Crippen molar-refractivity contribution >= 4 is 10.0 Å². The third-order valence-corrected chi connectivity index (χ3v) is 5.93. The van der Waals surface area contributed by atoms with Crippen LogP contribution in [0.4, 0.5) is 4.39 Å². The molecule has 0 atom stereocenters. The Morgan fingerprint density at radius 2 is 1.82 bits per heavy atom. The number of sulfonamides is 1. The summed E-state index contributed by atoms with van der Waals surface area (Å²) in [5.74, 6) is -0.390. The van der Waals surface area contributed by atoms with Crippen LogP contribution in [0.25, 0.3) is 0 Å². The first-order valence-electron chi connectivity index (χ1n) is 7.30. The summed E-state index contributed by atoms with van der Waals surface area (Å²) < 4.78 is 40.2. The van der Waals surface area contributed by atoms with Gasteiger partial charge in [-0.15, -0.1) is 0 Å². The second-order valence-electron chi connectivity index (χ2n) is 5.64. The van der Waals surface area contributed by atoms with Crippen molar-refractivity contribution in [2.45, 2.75) is 30.7 Å². The molecule has 3 rings (SSSR count). The number of halogens is 1. The molecule has 2 aromatic carbocycles. The maximum absolute atomic E-state index is 13.7. The number of aryl methyl sites for hydroxylation is 2. The molecule has 1 aliphatic carbocycles. The number of benzene rings is 2. The lowest BCUT2D eigenvalue weighted by Crippen LogP contribution is -2.27. The van der Waals surface area contributed by atoms with Crippen molar-refractivity contribution in [3.05, 3.63) is 65.0 Å². The molecule has 0 amide bonds. The lowest BCUT2D eigenvalue weighted by Gasteiger charge is -2.18. The quantitative estimate of drug-likeness (QED) is 0.868. The average Bonchev–Trinajstić information content (AvgIpc) is 2.97. The summed E-state index contributed by atoms with van der Waals surface area (Å²) >= 11 is 0. The minimum Gasteiger partial charge on any atom is -0.207 e. The van der Waals surface area contributed by atoms with Crippen LogP contribution in [0, 0.1) is 5.82 Å². The van der Waals surface area contributed by atoms with Gasteiger partial charge < -0.3 is 0 Å². The van der Waals surface area contributed by atoms with E-state index in [-0.39, 0.29) is 11.4 Å². The summed E-state index contributed by atoms with van der Waals surface area (Å²) in [5.41, 5.74) is 2.71. The molecule has 116 valence electrons. The predicted octanol–water partition coefficient (Wildman–Crippen LogP) is 3.14. The third kappa shape index (κ3) is 2.78. The zero-order valence-electron chi connectivity index (χ0n) is 12.4. The summed E-state index contributed by atoms with van der Waals surface area (Å²) in [7, 11) is -2.13. The highest BCUT2D eigenvalue weighted by Gasteiger charge is 2.23. The molecular formula is C17H18FNO2S. The standard InChI is InChI=1S/C17H18FNO2S/c1-19(12-15-5-2-3-8-17(15)18)22(20,21)16-10-9-13-6-4-7-14(13)11-16/h2-3,5,8-11H,4,6-7,12H2,1H3. The second-order valence-corrected chi connectivity index (χ2v) is 7.68. The minimum absolute atomic E-state index is 0.0199. The molecule has 2 aromatic rings. The van der Waals surface area contributed by atoms with E-state index in [2.05, 4.69) is 0 Å². The molecule has 0 fully saturated rings. The topological polar surface area (TPSA) is 37.4 Å². The van der Waals surface area contributed by atoms with E-state index < -0.39 is 15.8 Å². The van der Waals surface area contributed by atoms with Crippen molar-refractivity contribution < 1.29 is 12.8 Å². The molecule has 0 N–H and O–H groups in total. The summed E-state index contributed by atoms with van der Waals surface area (Å²) in [4.78, 5) is 0.284. The fourth-order valence-corrected chi connectivity index (χ4v) is 4.04. The molecule has 0 saturated heterocycles. The monoisotopic (exact) mass is 319 g/mol.